The second-order valence-electron chi connectivity index (χ2n) is 10.8. The van der Waals surface area contributed by atoms with Crippen molar-refractivity contribution in [3.05, 3.63) is 68.9 Å². The van der Waals surface area contributed by atoms with E-state index < -0.39 is 5.60 Å². The molecule has 2 fully saturated rings. The van der Waals surface area contributed by atoms with Crippen LogP contribution in [0.5, 0.6) is 5.75 Å². The summed E-state index contributed by atoms with van der Waals surface area (Å²) in [6.45, 7) is 5.97. The SMILES string of the molecule is CC(C)(C)OC(=O)N1C2CCC1c1cc(OCc3c(-c4c(Cl)cccc4Cl)noc3C3CC3)ccc12. The summed E-state index contributed by atoms with van der Waals surface area (Å²) in [5, 5.41) is 5.39. The average Bonchev–Trinajstić information content (AvgIpc) is 3.31. The van der Waals surface area contributed by atoms with Gasteiger partial charge in [-0.1, -0.05) is 40.5 Å². The van der Waals surface area contributed by atoms with Crippen LogP contribution in [0.4, 0.5) is 4.79 Å². The normalized spacial score (nSPS) is 20.5. The molecule has 2 bridgehead atoms. The molecule has 0 radical (unpaired) electrons. The number of halogens is 2. The number of ether oxygens (including phenoxy) is 2. The number of amides is 1. The van der Waals surface area contributed by atoms with Crippen molar-refractivity contribution in [2.75, 3.05) is 0 Å². The second-order valence-corrected chi connectivity index (χ2v) is 11.6. The Balaban J connectivity index is 1.26. The molecule has 36 heavy (non-hydrogen) atoms. The van der Waals surface area contributed by atoms with Crippen LogP contribution in [0, 0.1) is 0 Å². The molecule has 3 heterocycles. The zero-order valence-corrected chi connectivity index (χ0v) is 22.0. The Morgan fingerprint density at radius 3 is 2.42 bits per heavy atom. The summed E-state index contributed by atoms with van der Waals surface area (Å²) >= 11 is 13.0. The average molecular weight is 527 g/mol. The third-order valence-electron chi connectivity index (χ3n) is 7.12. The number of nitrogens with zero attached hydrogens (tertiary/aromatic N) is 2. The Hall–Kier alpha value is -2.70. The standard InChI is InChI=1S/C28H28Cl2N2O4/c1-28(2,3)35-27(33)32-22-11-12-23(32)18-13-16(9-10-17(18)22)34-14-19-25(31-36-26(19)15-7-8-15)24-20(29)5-4-6-21(24)30/h4-6,9-10,13,15,22-23H,7-8,11-12,14H2,1-3H3. The summed E-state index contributed by atoms with van der Waals surface area (Å²) in [6.07, 6.45) is 3.76. The highest BCUT2D eigenvalue weighted by molar-refractivity contribution is 6.39. The minimum Gasteiger partial charge on any atom is -0.489 e. The van der Waals surface area contributed by atoms with Gasteiger partial charge in [0.05, 0.1) is 27.7 Å². The van der Waals surface area contributed by atoms with Gasteiger partial charge in [0.2, 0.25) is 0 Å². The number of fused-ring (bicyclic) bond motifs is 5. The highest BCUT2D eigenvalue weighted by Gasteiger charge is 2.48. The van der Waals surface area contributed by atoms with Crippen molar-refractivity contribution in [3.63, 3.8) is 0 Å². The number of carbonyl (C=O) groups is 1. The first-order chi connectivity index (χ1) is 17.2. The van der Waals surface area contributed by atoms with Gasteiger partial charge in [0.1, 0.15) is 29.4 Å². The molecule has 1 saturated heterocycles. The zero-order chi connectivity index (χ0) is 25.2. The van der Waals surface area contributed by atoms with E-state index >= 15 is 0 Å². The van der Waals surface area contributed by atoms with Gasteiger partial charge in [0, 0.05) is 11.5 Å². The number of hydrogen-bond donors (Lipinski definition) is 0. The van der Waals surface area contributed by atoms with Crippen LogP contribution in [0.1, 0.15) is 86.9 Å². The van der Waals surface area contributed by atoms with E-state index in [-0.39, 0.29) is 24.8 Å². The molecule has 1 aliphatic carbocycles. The molecule has 188 valence electrons. The van der Waals surface area contributed by atoms with Gasteiger partial charge in [-0.2, -0.15) is 0 Å². The van der Waals surface area contributed by atoms with Crippen molar-refractivity contribution in [1.29, 1.82) is 0 Å². The highest BCUT2D eigenvalue weighted by atomic mass is 35.5. The van der Waals surface area contributed by atoms with Crippen molar-refractivity contribution in [2.24, 2.45) is 0 Å². The van der Waals surface area contributed by atoms with Crippen molar-refractivity contribution in [1.82, 2.24) is 10.1 Å². The maximum absolute atomic E-state index is 12.9. The predicted molar refractivity (Wildman–Crippen MR) is 137 cm³/mol. The molecule has 2 atom stereocenters. The van der Waals surface area contributed by atoms with Crippen molar-refractivity contribution in [2.45, 2.75) is 76.7 Å². The minimum absolute atomic E-state index is 0.0125. The first-order valence-electron chi connectivity index (χ1n) is 12.4. The Labute approximate surface area is 220 Å². The quantitative estimate of drug-likeness (QED) is 0.334. The van der Waals surface area contributed by atoms with Gasteiger partial charge >= 0.3 is 6.09 Å². The van der Waals surface area contributed by atoms with Gasteiger partial charge in [-0.05, 0) is 81.8 Å². The lowest BCUT2D eigenvalue weighted by Gasteiger charge is -2.27. The van der Waals surface area contributed by atoms with Crippen LogP contribution in [0.3, 0.4) is 0 Å². The van der Waals surface area contributed by atoms with Gasteiger partial charge in [0.15, 0.2) is 0 Å². The molecule has 1 saturated carbocycles. The molecule has 2 aromatic carbocycles. The van der Waals surface area contributed by atoms with E-state index in [0.29, 0.717) is 27.2 Å². The lowest BCUT2D eigenvalue weighted by Crippen LogP contribution is -2.34. The predicted octanol–water partition coefficient (Wildman–Crippen LogP) is 8.23. The monoisotopic (exact) mass is 526 g/mol. The van der Waals surface area contributed by atoms with Gasteiger partial charge in [-0.3, -0.25) is 4.90 Å². The molecule has 2 unspecified atom stereocenters. The maximum atomic E-state index is 12.9. The Morgan fingerprint density at radius 1 is 1.06 bits per heavy atom. The van der Waals surface area contributed by atoms with E-state index in [1.165, 1.54) is 5.56 Å². The van der Waals surface area contributed by atoms with Gasteiger partial charge in [-0.25, -0.2) is 4.79 Å². The largest absolute Gasteiger partial charge is 0.489 e. The fourth-order valence-corrected chi connectivity index (χ4v) is 6.01. The lowest BCUT2D eigenvalue weighted by atomic mass is 9.92. The fraction of sp³-hybridized carbons (Fsp3) is 0.429. The molecule has 1 amide bonds. The third kappa shape index (κ3) is 4.14. The minimum atomic E-state index is -0.528. The highest BCUT2D eigenvalue weighted by Crippen LogP contribution is 2.54. The number of rotatable bonds is 5. The topological polar surface area (TPSA) is 64.8 Å². The van der Waals surface area contributed by atoms with Gasteiger partial charge in [0.25, 0.3) is 0 Å². The molecule has 8 heteroatoms. The van der Waals surface area contributed by atoms with Gasteiger partial charge < -0.3 is 14.0 Å². The van der Waals surface area contributed by atoms with E-state index in [0.717, 1.165) is 48.3 Å². The van der Waals surface area contributed by atoms with Crippen LogP contribution in [-0.4, -0.2) is 21.8 Å². The Morgan fingerprint density at radius 2 is 1.75 bits per heavy atom. The second kappa shape index (κ2) is 8.70. The van der Waals surface area contributed by atoms with Crippen molar-refractivity contribution >= 4 is 29.3 Å². The molecule has 2 aliphatic heterocycles. The van der Waals surface area contributed by atoms with Crippen LogP contribution in [0.2, 0.25) is 10.0 Å². The lowest BCUT2D eigenvalue weighted by molar-refractivity contribution is 0.0177. The fourth-order valence-electron chi connectivity index (χ4n) is 5.43. The van der Waals surface area contributed by atoms with Crippen LogP contribution in [-0.2, 0) is 11.3 Å². The maximum Gasteiger partial charge on any atom is 0.411 e. The van der Waals surface area contributed by atoms with E-state index in [4.69, 9.17) is 37.2 Å². The zero-order valence-electron chi connectivity index (χ0n) is 20.5. The number of hydrogen-bond acceptors (Lipinski definition) is 5. The molecule has 0 N–H and O–H groups in total. The van der Waals surface area contributed by atoms with Crippen LogP contribution in [0.15, 0.2) is 40.9 Å². The van der Waals surface area contributed by atoms with Crippen molar-refractivity contribution < 1.29 is 18.8 Å². The van der Waals surface area contributed by atoms with E-state index in [1.807, 2.05) is 37.8 Å². The van der Waals surface area contributed by atoms with Crippen LogP contribution in [0.25, 0.3) is 11.3 Å². The molecule has 6 nitrogen and oxygen atoms in total. The molecular weight excluding hydrogens is 499 g/mol. The van der Waals surface area contributed by atoms with Crippen LogP contribution < -0.4 is 4.74 Å². The summed E-state index contributed by atoms with van der Waals surface area (Å²) in [6, 6.07) is 11.6. The van der Waals surface area contributed by atoms with E-state index in [2.05, 4.69) is 17.3 Å². The first-order valence-corrected chi connectivity index (χ1v) is 13.2. The molecule has 6 rings (SSSR count). The summed E-state index contributed by atoms with van der Waals surface area (Å²) < 4.78 is 17.8. The van der Waals surface area contributed by atoms with E-state index in [1.54, 1.807) is 12.1 Å². The van der Waals surface area contributed by atoms with E-state index in [9.17, 15) is 4.79 Å². The van der Waals surface area contributed by atoms with Crippen LogP contribution >= 0.6 is 23.2 Å². The third-order valence-corrected chi connectivity index (χ3v) is 7.75. The van der Waals surface area contributed by atoms with Gasteiger partial charge in [-0.15, -0.1) is 0 Å². The molecule has 0 spiro atoms. The number of carbonyl (C=O) groups excluding carboxylic acids is 1. The Kier molecular flexibility index (Phi) is 5.73. The summed E-state index contributed by atoms with van der Waals surface area (Å²) in [7, 11) is 0. The smallest absolute Gasteiger partial charge is 0.411 e. The summed E-state index contributed by atoms with van der Waals surface area (Å²) in [5.74, 6) is 1.94. The molecule has 1 aromatic heterocycles. The molecular formula is C28H28Cl2N2O4. The first kappa shape index (κ1) is 23.7. The van der Waals surface area contributed by atoms with Crippen molar-refractivity contribution in [3.8, 4) is 17.0 Å². The molecule has 3 aromatic rings. The number of benzene rings is 2. The molecule has 3 aliphatic rings. The number of aromatic nitrogens is 1. The summed E-state index contributed by atoms with van der Waals surface area (Å²) in [5.41, 5.74) is 3.95. The summed E-state index contributed by atoms with van der Waals surface area (Å²) in [4.78, 5) is 14.8. The Bertz CT molecular complexity index is 1320.